The molecule has 0 amide bonds. The van der Waals surface area contributed by atoms with Gasteiger partial charge in [-0.05, 0) is 49.9 Å². The first kappa shape index (κ1) is 12.3. The highest BCUT2D eigenvalue weighted by atomic mass is 14.9. The van der Waals surface area contributed by atoms with Crippen molar-refractivity contribution in [3.8, 4) is 0 Å². The van der Waals surface area contributed by atoms with Crippen molar-refractivity contribution in [2.45, 2.75) is 46.6 Å². The van der Waals surface area contributed by atoms with E-state index in [0.29, 0.717) is 12.0 Å². The zero-order chi connectivity index (χ0) is 11.4. The number of hydrogen-bond donors (Lipinski definition) is 1. The zero-order valence-corrected chi connectivity index (χ0v) is 10.6. The molecule has 2 atom stereocenters. The van der Waals surface area contributed by atoms with E-state index in [9.17, 15) is 0 Å². The lowest BCUT2D eigenvalue weighted by Crippen LogP contribution is -2.30. The van der Waals surface area contributed by atoms with Crippen LogP contribution in [0.4, 0.5) is 0 Å². The highest BCUT2D eigenvalue weighted by molar-refractivity contribution is 5.35. The van der Waals surface area contributed by atoms with E-state index in [0.717, 1.165) is 6.54 Å². The second-order valence-electron chi connectivity index (χ2n) is 4.42. The van der Waals surface area contributed by atoms with Gasteiger partial charge in [-0.15, -0.1) is 0 Å². The van der Waals surface area contributed by atoms with Crippen molar-refractivity contribution in [1.82, 2.24) is 5.32 Å². The fourth-order valence-corrected chi connectivity index (χ4v) is 2.04. The maximum Gasteiger partial charge on any atom is 0.0105 e. The summed E-state index contributed by atoms with van der Waals surface area (Å²) < 4.78 is 0. The Morgan fingerprint density at radius 3 is 2.47 bits per heavy atom. The monoisotopic (exact) mass is 205 g/mol. The molecule has 1 heteroatoms. The third kappa shape index (κ3) is 2.82. The van der Waals surface area contributed by atoms with Crippen LogP contribution in [0.1, 0.15) is 43.4 Å². The van der Waals surface area contributed by atoms with E-state index < -0.39 is 0 Å². The van der Waals surface area contributed by atoms with Crippen molar-refractivity contribution >= 4 is 0 Å². The molecule has 0 saturated carbocycles. The fourth-order valence-electron chi connectivity index (χ4n) is 2.04. The van der Waals surface area contributed by atoms with Crippen LogP contribution in [0, 0.1) is 13.8 Å². The Kier molecular flexibility index (Phi) is 4.34. The molecule has 15 heavy (non-hydrogen) atoms. The minimum Gasteiger partial charge on any atom is -0.314 e. The Hall–Kier alpha value is -0.820. The largest absolute Gasteiger partial charge is 0.314 e. The van der Waals surface area contributed by atoms with Gasteiger partial charge in [-0.25, -0.2) is 0 Å². The standard InChI is InChI=1S/C14H23N/c1-6-15-13(5)12(4)14-9-7-8-10(2)11(14)3/h7-9,12-13,15H,6H2,1-5H3. The van der Waals surface area contributed by atoms with Crippen LogP contribution in [0.3, 0.4) is 0 Å². The van der Waals surface area contributed by atoms with Crippen LogP contribution in [0.2, 0.25) is 0 Å². The van der Waals surface area contributed by atoms with E-state index >= 15 is 0 Å². The van der Waals surface area contributed by atoms with E-state index in [1.54, 1.807) is 0 Å². The smallest absolute Gasteiger partial charge is 0.0105 e. The summed E-state index contributed by atoms with van der Waals surface area (Å²) in [4.78, 5) is 0. The van der Waals surface area contributed by atoms with Gasteiger partial charge < -0.3 is 5.32 Å². The number of nitrogens with one attached hydrogen (secondary N) is 1. The molecule has 1 rings (SSSR count). The SMILES string of the molecule is CCNC(C)C(C)c1cccc(C)c1C. The summed E-state index contributed by atoms with van der Waals surface area (Å²) in [6, 6.07) is 7.13. The van der Waals surface area contributed by atoms with Crippen LogP contribution < -0.4 is 5.32 Å². The predicted octanol–water partition coefficient (Wildman–Crippen LogP) is 3.40. The molecule has 1 N–H and O–H groups in total. The topological polar surface area (TPSA) is 12.0 Å². The van der Waals surface area contributed by atoms with Crippen LogP contribution in [-0.4, -0.2) is 12.6 Å². The van der Waals surface area contributed by atoms with E-state index in [1.165, 1.54) is 16.7 Å². The normalized spacial score (nSPS) is 15.0. The summed E-state index contributed by atoms with van der Waals surface area (Å²) in [5.41, 5.74) is 4.31. The first-order chi connectivity index (χ1) is 7.07. The molecule has 0 bridgehead atoms. The van der Waals surface area contributed by atoms with Crippen LogP contribution in [-0.2, 0) is 0 Å². The Morgan fingerprint density at radius 1 is 1.20 bits per heavy atom. The average Bonchev–Trinajstić information content (AvgIpc) is 2.21. The number of rotatable bonds is 4. The summed E-state index contributed by atoms with van der Waals surface area (Å²) in [5.74, 6) is 0.574. The number of hydrogen-bond acceptors (Lipinski definition) is 1. The molecule has 0 aliphatic rings. The maximum absolute atomic E-state index is 3.49. The van der Waals surface area contributed by atoms with Crippen molar-refractivity contribution in [3.63, 3.8) is 0 Å². The van der Waals surface area contributed by atoms with Crippen LogP contribution in [0.15, 0.2) is 18.2 Å². The van der Waals surface area contributed by atoms with Gasteiger partial charge in [0.1, 0.15) is 0 Å². The van der Waals surface area contributed by atoms with Gasteiger partial charge in [0, 0.05) is 6.04 Å². The van der Waals surface area contributed by atoms with Crippen LogP contribution >= 0.6 is 0 Å². The van der Waals surface area contributed by atoms with Gasteiger partial charge in [0.2, 0.25) is 0 Å². The summed E-state index contributed by atoms with van der Waals surface area (Å²) in [6.45, 7) is 12.2. The fraction of sp³-hybridized carbons (Fsp3) is 0.571. The Labute approximate surface area is 93.9 Å². The van der Waals surface area contributed by atoms with E-state index in [2.05, 4.69) is 58.1 Å². The first-order valence-electron chi connectivity index (χ1n) is 5.87. The predicted molar refractivity (Wildman–Crippen MR) is 67.5 cm³/mol. The van der Waals surface area contributed by atoms with Crippen molar-refractivity contribution in [3.05, 3.63) is 34.9 Å². The molecule has 0 spiro atoms. The minimum atomic E-state index is 0.538. The van der Waals surface area contributed by atoms with Gasteiger partial charge in [-0.3, -0.25) is 0 Å². The number of benzene rings is 1. The molecular weight excluding hydrogens is 182 g/mol. The molecular formula is C14H23N. The highest BCUT2D eigenvalue weighted by Crippen LogP contribution is 2.24. The molecule has 0 radical (unpaired) electrons. The Morgan fingerprint density at radius 2 is 1.87 bits per heavy atom. The summed E-state index contributed by atoms with van der Waals surface area (Å²) in [6.07, 6.45) is 0. The lowest BCUT2D eigenvalue weighted by atomic mass is 9.89. The molecule has 0 aromatic heterocycles. The van der Waals surface area contributed by atoms with Gasteiger partial charge >= 0.3 is 0 Å². The molecule has 0 saturated heterocycles. The molecule has 0 fully saturated rings. The van der Waals surface area contributed by atoms with Gasteiger partial charge in [0.25, 0.3) is 0 Å². The lowest BCUT2D eigenvalue weighted by Gasteiger charge is -2.23. The van der Waals surface area contributed by atoms with Gasteiger partial charge in [-0.1, -0.05) is 32.0 Å². The second-order valence-corrected chi connectivity index (χ2v) is 4.42. The van der Waals surface area contributed by atoms with E-state index in [-0.39, 0.29) is 0 Å². The zero-order valence-electron chi connectivity index (χ0n) is 10.6. The Balaban J connectivity index is 2.90. The van der Waals surface area contributed by atoms with Crippen LogP contribution in [0.5, 0.6) is 0 Å². The summed E-state index contributed by atoms with van der Waals surface area (Å²) >= 11 is 0. The number of aryl methyl sites for hydroxylation is 1. The molecule has 1 aromatic carbocycles. The molecule has 2 unspecified atom stereocenters. The minimum absolute atomic E-state index is 0.538. The van der Waals surface area contributed by atoms with Crippen molar-refractivity contribution < 1.29 is 0 Å². The molecule has 0 aliphatic heterocycles. The van der Waals surface area contributed by atoms with E-state index in [1.807, 2.05) is 0 Å². The van der Waals surface area contributed by atoms with Crippen molar-refractivity contribution in [2.24, 2.45) is 0 Å². The number of likely N-dealkylation sites (N-methyl/N-ethyl adjacent to an activating group) is 1. The summed E-state index contributed by atoms with van der Waals surface area (Å²) in [7, 11) is 0. The quantitative estimate of drug-likeness (QED) is 0.794. The molecule has 84 valence electrons. The average molecular weight is 205 g/mol. The van der Waals surface area contributed by atoms with Crippen molar-refractivity contribution in [1.29, 1.82) is 0 Å². The Bertz CT molecular complexity index is 317. The second kappa shape index (κ2) is 5.32. The van der Waals surface area contributed by atoms with Crippen molar-refractivity contribution in [2.75, 3.05) is 6.54 Å². The lowest BCUT2D eigenvalue weighted by molar-refractivity contribution is 0.493. The third-order valence-corrected chi connectivity index (χ3v) is 3.41. The molecule has 0 heterocycles. The highest BCUT2D eigenvalue weighted by Gasteiger charge is 2.15. The first-order valence-corrected chi connectivity index (χ1v) is 5.87. The third-order valence-electron chi connectivity index (χ3n) is 3.41. The van der Waals surface area contributed by atoms with Crippen LogP contribution in [0.25, 0.3) is 0 Å². The van der Waals surface area contributed by atoms with E-state index in [4.69, 9.17) is 0 Å². The van der Waals surface area contributed by atoms with Gasteiger partial charge in [-0.2, -0.15) is 0 Å². The van der Waals surface area contributed by atoms with Gasteiger partial charge in [0.05, 0.1) is 0 Å². The molecule has 1 aromatic rings. The summed E-state index contributed by atoms with van der Waals surface area (Å²) in [5, 5.41) is 3.49. The molecule has 0 aliphatic carbocycles. The van der Waals surface area contributed by atoms with Gasteiger partial charge in [0.15, 0.2) is 0 Å². The maximum atomic E-state index is 3.49. The molecule has 1 nitrogen and oxygen atoms in total.